The Bertz CT molecular complexity index is 1330. The van der Waals surface area contributed by atoms with Crippen LogP contribution >= 0.6 is 11.6 Å². The molecular weight excluding hydrogens is 444 g/mol. The van der Waals surface area contributed by atoms with Crippen molar-refractivity contribution >= 4 is 28.3 Å². The van der Waals surface area contributed by atoms with Crippen molar-refractivity contribution in [2.24, 2.45) is 0 Å². The Morgan fingerprint density at radius 1 is 1.09 bits per heavy atom. The molecule has 0 radical (unpaired) electrons. The zero-order valence-corrected chi connectivity index (χ0v) is 19.2. The molecule has 4 aromatic rings. The molecule has 1 aliphatic rings. The monoisotopic (exact) mass is 468 g/mol. The Balaban J connectivity index is 1.50. The third-order valence-corrected chi connectivity index (χ3v) is 6.17. The second-order valence-electron chi connectivity index (χ2n) is 8.05. The van der Waals surface area contributed by atoms with Crippen LogP contribution in [0.15, 0.2) is 41.3 Å². The summed E-state index contributed by atoms with van der Waals surface area (Å²) in [5, 5.41) is 14.1. The molecule has 33 heavy (non-hydrogen) atoms. The average Bonchev–Trinajstić information content (AvgIpc) is 3.20. The van der Waals surface area contributed by atoms with Crippen LogP contribution in [0.4, 0.5) is 0 Å². The lowest BCUT2D eigenvalue weighted by Crippen LogP contribution is -2.37. The Morgan fingerprint density at radius 3 is 2.64 bits per heavy atom. The van der Waals surface area contributed by atoms with Gasteiger partial charge in [0, 0.05) is 44.5 Å². The minimum absolute atomic E-state index is 0.166. The lowest BCUT2D eigenvalue weighted by atomic mass is 10.1. The van der Waals surface area contributed by atoms with Crippen molar-refractivity contribution in [3.63, 3.8) is 0 Å². The van der Waals surface area contributed by atoms with Crippen LogP contribution in [-0.2, 0) is 22.6 Å². The average molecular weight is 469 g/mol. The number of hydrogen-bond acceptors (Lipinski definition) is 7. The molecule has 0 aliphatic carbocycles. The van der Waals surface area contributed by atoms with E-state index in [9.17, 15) is 4.79 Å². The summed E-state index contributed by atoms with van der Waals surface area (Å²) in [5.41, 5.74) is 3.76. The number of pyridine rings is 1. The molecule has 0 atom stereocenters. The largest absolute Gasteiger partial charge is 0.379 e. The smallest absolute Gasteiger partial charge is 0.280 e. The van der Waals surface area contributed by atoms with E-state index in [1.807, 2.05) is 36.5 Å². The molecule has 1 saturated heterocycles. The number of methoxy groups -OCH3 is 1. The van der Waals surface area contributed by atoms with E-state index < -0.39 is 0 Å². The summed E-state index contributed by atoms with van der Waals surface area (Å²) in [6.45, 7) is 5.28. The molecule has 4 heterocycles. The molecule has 0 saturated carbocycles. The van der Waals surface area contributed by atoms with Crippen LogP contribution in [0.3, 0.4) is 0 Å². The maximum absolute atomic E-state index is 13.1. The Labute approximate surface area is 195 Å². The van der Waals surface area contributed by atoms with Crippen molar-refractivity contribution in [3.8, 4) is 11.1 Å². The predicted octanol–water partition coefficient (Wildman–Crippen LogP) is 2.63. The first-order valence-electron chi connectivity index (χ1n) is 11.0. The van der Waals surface area contributed by atoms with E-state index in [0.717, 1.165) is 56.1 Å². The summed E-state index contributed by atoms with van der Waals surface area (Å²) in [4.78, 5) is 15.5. The molecule has 1 aromatic carbocycles. The summed E-state index contributed by atoms with van der Waals surface area (Å²) >= 11 is 6.06. The summed E-state index contributed by atoms with van der Waals surface area (Å²) in [6, 6.07) is 9.35. The quantitative estimate of drug-likeness (QED) is 0.412. The number of fused-ring (bicyclic) bond motifs is 3. The highest BCUT2D eigenvalue weighted by Crippen LogP contribution is 2.30. The fourth-order valence-corrected chi connectivity index (χ4v) is 4.37. The van der Waals surface area contributed by atoms with E-state index >= 15 is 0 Å². The highest BCUT2D eigenvalue weighted by Gasteiger charge is 2.20. The zero-order chi connectivity index (χ0) is 22.8. The van der Waals surface area contributed by atoms with Gasteiger partial charge in [-0.2, -0.15) is 5.10 Å². The third-order valence-electron chi connectivity index (χ3n) is 5.92. The van der Waals surface area contributed by atoms with E-state index in [0.29, 0.717) is 34.9 Å². The van der Waals surface area contributed by atoms with Crippen LogP contribution < -0.4 is 5.56 Å². The van der Waals surface area contributed by atoms with Crippen LogP contribution in [0, 0.1) is 0 Å². The van der Waals surface area contributed by atoms with Crippen LogP contribution in [-0.4, -0.2) is 69.2 Å². The third kappa shape index (κ3) is 4.37. The summed E-state index contributed by atoms with van der Waals surface area (Å²) < 4.78 is 14.1. The summed E-state index contributed by atoms with van der Waals surface area (Å²) in [7, 11) is 1.62. The van der Waals surface area contributed by atoms with Gasteiger partial charge in [0.05, 0.1) is 31.1 Å². The summed E-state index contributed by atoms with van der Waals surface area (Å²) in [6.07, 6.45) is 2.69. The van der Waals surface area contributed by atoms with E-state index in [4.69, 9.17) is 26.2 Å². The van der Waals surface area contributed by atoms with Gasteiger partial charge in [-0.25, -0.2) is 4.52 Å². The molecule has 0 N–H and O–H groups in total. The molecule has 0 unspecified atom stereocenters. The number of morpholine rings is 1. The van der Waals surface area contributed by atoms with Gasteiger partial charge in [-0.15, -0.1) is 10.2 Å². The molecule has 172 valence electrons. The number of rotatable bonds is 7. The maximum atomic E-state index is 13.1. The van der Waals surface area contributed by atoms with E-state index in [1.165, 1.54) is 0 Å². The van der Waals surface area contributed by atoms with Gasteiger partial charge in [-0.1, -0.05) is 23.7 Å². The fourth-order valence-electron chi connectivity index (χ4n) is 4.24. The molecule has 1 fully saturated rings. The molecule has 0 spiro atoms. The fraction of sp³-hybridized carbons (Fsp3) is 0.391. The van der Waals surface area contributed by atoms with Gasteiger partial charge in [0.1, 0.15) is 5.52 Å². The van der Waals surface area contributed by atoms with Crippen molar-refractivity contribution in [2.75, 3.05) is 40.0 Å². The second-order valence-corrected chi connectivity index (χ2v) is 8.49. The summed E-state index contributed by atoms with van der Waals surface area (Å²) in [5.74, 6) is 0. The molecule has 5 rings (SSSR count). The first-order chi connectivity index (χ1) is 16.2. The van der Waals surface area contributed by atoms with E-state index in [2.05, 4.69) is 15.1 Å². The van der Waals surface area contributed by atoms with Gasteiger partial charge >= 0.3 is 0 Å². The number of hydrogen-bond donors (Lipinski definition) is 0. The molecular formula is C23H25ClN6O3. The molecule has 10 heteroatoms. The lowest BCUT2D eigenvalue weighted by Gasteiger charge is -2.26. The van der Waals surface area contributed by atoms with Gasteiger partial charge in [-0.05, 0) is 30.2 Å². The SMILES string of the molecule is COCc1nn2c(nnc3c(=O)n(CCCN4CCOCC4)ccc32)c1-c1ccc(Cl)cc1. The van der Waals surface area contributed by atoms with Crippen LogP contribution in [0.2, 0.25) is 5.02 Å². The lowest BCUT2D eigenvalue weighted by molar-refractivity contribution is 0.0369. The first-order valence-corrected chi connectivity index (χ1v) is 11.4. The van der Waals surface area contributed by atoms with Gasteiger partial charge in [0.2, 0.25) is 0 Å². The minimum atomic E-state index is -0.166. The number of aryl methyl sites for hydroxylation is 1. The second kappa shape index (κ2) is 9.56. The standard InChI is InChI=1S/C23H25ClN6O3/c1-32-15-18-20(16-3-5-17(24)6-4-16)22-26-25-21-19(30(22)27-18)7-10-29(23(21)31)9-2-8-28-11-13-33-14-12-28/h3-7,10H,2,8-9,11-15H2,1H3. The van der Waals surface area contributed by atoms with Crippen molar-refractivity contribution < 1.29 is 9.47 Å². The van der Waals surface area contributed by atoms with Crippen molar-refractivity contribution in [2.45, 2.75) is 19.6 Å². The predicted molar refractivity (Wildman–Crippen MR) is 126 cm³/mol. The normalized spacial score (nSPS) is 15.0. The highest BCUT2D eigenvalue weighted by atomic mass is 35.5. The number of halogens is 1. The van der Waals surface area contributed by atoms with Crippen LogP contribution in [0.5, 0.6) is 0 Å². The minimum Gasteiger partial charge on any atom is -0.379 e. The number of aromatic nitrogens is 5. The van der Waals surface area contributed by atoms with Crippen LogP contribution in [0.1, 0.15) is 12.1 Å². The number of ether oxygens (including phenoxy) is 2. The Hall–Kier alpha value is -2.85. The van der Waals surface area contributed by atoms with Gasteiger partial charge < -0.3 is 14.0 Å². The van der Waals surface area contributed by atoms with Crippen molar-refractivity contribution in [1.29, 1.82) is 0 Å². The van der Waals surface area contributed by atoms with Crippen molar-refractivity contribution in [1.82, 2.24) is 29.3 Å². The topological polar surface area (TPSA) is 86.8 Å². The number of nitrogens with zero attached hydrogens (tertiary/aromatic N) is 6. The van der Waals surface area contributed by atoms with Crippen LogP contribution in [0.25, 0.3) is 27.8 Å². The maximum Gasteiger partial charge on any atom is 0.280 e. The Kier molecular flexibility index (Phi) is 6.37. The number of benzene rings is 1. The van der Waals surface area contributed by atoms with Gasteiger partial charge in [0.25, 0.3) is 5.56 Å². The molecule has 3 aromatic heterocycles. The van der Waals surface area contributed by atoms with Gasteiger partial charge in [0.15, 0.2) is 11.2 Å². The first kappa shape index (κ1) is 22.0. The van der Waals surface area contributed by atoms with Gasteiger partial charge in [-0.3, -0.25) is 9.69 Å². The molecule has 1 aliphatic heterocycles. The molecule has 0 amide bonds. The Morgan fingerprint density at radius 2 is 1.88 bits per heavy atom. The van der Waals surface area contributed by atoms with Crippen molar-refractivity contribution in [3.05, 3.63) is 57.6 Å². The zero-order valence-electron chi connectivity index (χ0n) is 18.4. The molecule has 9 nitrogen and oxygen atoms in total. The molecule has 0 bridgehead atoms. The van der Waals surface area contributed by atoms with E-state index in [-0.39, 0.29) is 5.56 Å². The van der Waals surface area contributed by atoms with E-state index in [1.54, 1.807) is 16.2 Å². The highest BCUT2D eigenvalue weighted by molar-refractivity contribution is 6.30.